The molecule has 0 saturated heterocycles. The van der Waals surface area contributed by atoms with Crippen molar-refractivity contribution < 1.29 is 9.53 Å². The molecule has 0 heterocycles. The van der Waals surface area contributed by atoms with Crippen molar-refractivity contribution in [2.45, 2.75) is 71.1 Å². The van der Waals surface area contributed by atoms with Crippen LogP contribution in [0.25, 0.3) is 0 Å². The van der Waals surface area contributed by atoms with Crippen LogP contribution in [-0.2, 0) is 9.53 Å². The average molecular weight is 348 g/mol. The first-order valence-electron chi connectivity index (χ1n) is 7.18. The van der Waals surface area contributed by atoms with Gasteiger partial charge in [-0.1, -0.05) is 58.3 Å². The van der Waals surface area contributed by atoms with E-state index >= 15 is 0 Å². The van der Waals surface area contributed by atoms with Crippen molar-refractivity contribution in [2.24, 2.45) is 0 Å². The Morgan fingerprint density at radius 2 is 1.37 bits per heavy atom. The van der Waals surface area contributed by atoms with Gasteiger partial charge in [-0.2, -0.15) is 0 Å². The van der Waals surface area contributed by atoms with Crippen LogP contribution >= 0.6 is 33.2 Å². The summed E-state index contributed by atoms with van der Waals surface area (Å²) in [5, 5.41) is 0. The van der Waals surface area contributed by atoms with Crippen molar-refractivity contribution in [3.8, 4) is 0 Å². The number of carbonyl (C=O) groups is 1. The maximum Gasteiger partial charge on any atom is 0.378 e. The number of esters is 1. The molecular weight excluding hydrogens is 323 g/mol. The van der Waals surface area contributed by atoms with Gasteiger partial charge in [0.25, 0.3) is 0 Å². The third kappa shape index (κ3) is 16.5. The average Bonchev–Trinajstić information content (AvgIpc) is 2.33. The Balaban J connectivity index is 3.23. The van der Waals surface area contributed by atoms with Gasteiger partial charge >= 0.3 is 12.0 Å². The summed E-state index contributed by atoms with van der Waals surface area (Å²) in [6.45, 7) is 2.23. The van der Waals surface area contributed by atoms with Crippen LogP contribution in [0.1, 0.15) is 71.1 Å². The maximum atomic E-state index is 11.3. The molecule has 0 radical (unpaired) electrons. The van der Waals surface area contributed by atoms with Gasteiger partial charge in [-0.25, -0.2) is 0 Å². The standard InChI is InChI=1S/C13H25Cl3O2Si/c1-2-3-4-5-6-7-8-9-10-11-13(17)18-12-19(14,15)16/h2-12H2,1H3. The van der Waals surface area contributed by atoms with E-state index in [1.54, 1.807) is 0 Å². The van der Waals surface area contributed by atoms with Crippen LogP contribution in [0.4, 0.5) is 0 Å². The molecule has 0 N–H and O–H groups in total. The van der Waals surface area contributed by atoms with Gasteiger partial charge in [0.05, 0.1) is 0 Å². The smallest absolute Gasteiger partial charge is 0.378 e. The highest BCUT2D eigenvalue weighted by molar-refractivity contribution is 7.64. The zero-order valence-corrected chi connectivity index (χ0v) is 15.0. The van der Waals surface area contributed by atoms with E-state index in [2.05, 4.69) is 6.92 Å². The Kier molecular flexibility index (Phi) is 12.7. The summed E-state index contributed by atoms with van der Waals surface area (Å²) >= 11 is 16.9. The largest absolute Gasteiger partial charge is 0.465 e. The zero-order chi connectivity index (χ0) is 14.6. The molecule has 0 atom stereocenters. The minimum absolute atomic E-state index is 0.0338. The van der Waals surface area contributed by atoms with E-state index in [9.17, 15) is 4.79 Å². The lowest BCUT2D eigenvalue weighted by molar-refractivity contribution is -0.141. The molecule has 0 aliphatic rings. The van der Waals surface area contributed by atoms with E-state index < -0.39 is 6.00 Å². The molecule has 6 heteroatoms. The molecule has 19 heavy (non-hydrogen) atoms. The topological polar surface area (TPSA) is 26.3 Å². The van der Waals surface area contributed by atoms with Gasteiger partial charge in [0.1, 0.15) is 6.23 Å². The summed E-state index contributed by atoms with van der Waals surface area (Å²) in [4.78, 5) is 11.3. The summed E-state index contributed by atoms with van der Waals surface area (Å²) in [6.07, 6.45) is 11.4. The Bertz CT molecular complexity index is 232. The first kappa shape index (κ1) is 19.6. The Morgan fingerprint density at radius 3 is 1.84 bits per heavy atom. The van der Waals surface area contributed by atoms with E-state index in [-0.39, 0.29) is 12.2 Å². The Hall–Kier alpha value is 0.557. The van der Waals surface area contributed by atoms with Crippen LogP contribution in [0.3, 0.4) is 0 Å². The molecule has 0 aliphatic carbocycles. The van der Waals surface area contributed by atoms with Gasteiger partial charge in [-0.05, 0) is 6.42 Å². The van der Waals surface area contributed by atoms with Crippen LogP contribution in [-0.4, -0.2) is 18.2 Å². The van der Waals surface area contributed by atoms with Gasteiger partial charge < -0.3 is 4.74 Å². The van der Waals surface area contributed by atoms with E-state index in [4.69, 9.17) is 38.0 Å². The fourth-order valence-corrected chi connectivity index (χ4v) is 2.63. The molecule has 0 rings (SSSR count). The van der Waals surface area contributed by atoms with Crippen molar-refractivity contribution in [1.29, 1.82) is 0 Å². The number of unbranched alkanes of at least 4 members (excludes halogenated alkanes) is 8. The normalized spacial score (nSPS) is 11.6. The molecule has 0 aliphatic heterocycles. The second kappa shape index (κ2) is 12.3. The first-order chi connectivity index (χ1) is 8.95. The highest BCUT2D eigenvalue weighted by Gasteiger charge is 2.27. The highest BCUT2D eigenvalue weighted by Crippen LogP contribution is 2.20. The molecule has 0 amide bonds. The van der Waals surface area contributed by atoms with Gasteiger partial charge in [0.15, 0.2) is 0 Å². The minimum Gasteiger partial charge on any atom is -0.465 e. The molecule has 0 spiro atoms. The van der Waals surface area contributed by atoms with Gasteiger partial charge in [-0.3, -0.25) is 4.79 Å². The lowest BCUT2D eigenvalue weighted by Gasteiger charge is -2.08. The predicted molar refractivity (Wildman–Crippen MR) is 86.1 cm³/mol. The second-order valence-corrected chi connectivity index (χ2v) is 13.9. The molecule has 2 nitrogen and oxygen atoms in total. The maximum absolute atomic E-state index is 11.3. The minimum atomic E-state index is -2.82. The van der Waals surface area contributed by atoms with Gasteiger partial charge in [0.2, 0.25) is 0 Å². The van der Waals surface area contributed by atoms with Crippen molar-refractivity contribution in [3.05, 3.63) is 0 Å². The number of hydrogen-bond acceptors (Lipinski definition) is 2. The van der Waals surface area contributed by atoms with Crippen LogP contribution in [0.2, 0.25) is 0 Å². The zero-order valence-electron chi connectivity index (χ0n) is 11.7. The molecule has 0 aromatic heterocycles. The monoisotopic (exact) mass is 346 g/mol. The summed E-state index contributed by atoms with van der Waals surface area (Å²) in [5.74, 6) is -0.248. The Labute approximate surface area is 132 Å². The fraction of sp³-hybridized carbons (Fsp3) is 0.923. The summed E-state index contributed by atoms with van der Waals surface area (Å²) in [5.41, 5.74) is 0. The molecule has 114 valence electrons. The van der Waals surface area contributed by atoms with Gasteiger partial charge in [-0.15, -0.1) is 33.2 Å². The quantitative estimate of drug-likeness (QED) is 0.197. The third-order valence-corrected chi connectivity index (χ3v) is 4.33. The van der Waals surface area contributed by atoms with E-state index in [1.807, 2.05) is 0 Å². The van der Waals surface area contributed by atoms with Crippen LogP contribution < -0.4 is 0 Å². The number of carbonyl (C=O) groups excluding carboxylic acids is 1. The summed E-state index contributed by atoms with van der Waals surface area (Å²) in [6, 6.07) is -2.82. The van der Waals surface area contributed by atoms with E-state index in [0.29, 0.717) is 6.42 Å². The number of hydrogen-bond donors (Lipinski definition) is 0. The van der Waals surface area contributed by atoms with Crippen LogP contribution in [0.15, 0.2) is 0 Å². The van der Waals surface area contributed by atoms with Crippen molar-refractivity contribution in [2.75, 3.05) is 6.23 Å². The van der Waals surface area contributed by atoms with Crippen LogP contribution in [0.5, 0.6) is 0 Å². The number of ether oxygens (including phenoxy) is 1. The lowest BCUT2D eigenvalue weighted by atomic mass is 10.1. The molecular formula is C13H25Cl3O2Si. The molecule has 0 saturated carbocycles. The lowest BCUT2D eigenvalue weighted by Crippen LogP contribution is -2.22. The predicted octanol–water partition coefficient (Wildman–Crippen LogP) is 5.65. The van der Waals surface area contributed by atoms with E-state index in [1.165, 1.54) is 44.9 Å². The second-order valence-electron chi connectivity index (χ2n) is 4.85. The van der Waals surface area contributed by atoms with Crippen LogP contribution in [0, 0.1) is 0 Å². The third-order valence-electron chi connectivity index (χ3n) is 2.88. The first-order valence-corrected chi connectivity index (χ1v) is 12.4. The molecule has 0 aromatic rings. The number of halogens is 3. The molecule has 0 unspecified atom stereocenters. The SMILES string of the molecule is CCCCCCCCCCCC(=O)OC[Si](Cl)(Cl)Cl. The summed E-state index contributed by atoms with van der Waals surface area (Å²) < 4.78 is 4.91. The molecule has 0 bridgehead atoms. The Morgan fingerprint density at radius 1 is 0.895 bits per heavy atom. The highest BCUT2D eigenvalue weighted by atomic mass is 35.8. The molecule has 0 aromatic carbocycles. The van der Waals surface area contributed by atoms with Crippen molar-refractivity contribution >= 4 is 45.2 Å². The number of rotatable bonds is 12. The van der Waals surface area contributed by atoms with Crippen molar-refractivity contribution in [3.63, 3.8) is 0 Å². The fourth-order valence-electron chi connectivity index (χ4n) is 1.81. The summed E-state index contributed by atoms with van der Waals surface area (Å²) in [7, 11) is 0. The van der Waals surface area contributed by atoms with E-state index in [0.717, 1.165) is 12.8 Å². The van der Waals surface area contributed by atoms with Gasteiger partial charge in [0, 0.05) is 6.42 Å². The van der Waals surface area contributed by atoms with Crippen molar-refractivity contribution in [1.82, 2.24) is 0 Å². The molecule has 0 fully saturated rings.